The molecule has 0 unspecified atom stereocenters. The number of aliphatic carboxylic acids is 1. The minimum Gasteiger partial charge on any atom is -0.507 e. The number of aromatic hydroxyl groups is 1. The summed E-state index contributed by atoms with van der Waals surface area (Å²) in [6.45, 7) is 12.1. The van der Waals surface area contributed by atoms with Crippen molar-refractivity contribution < 1.29 is 15.0 Å². The molecule has 0 atom stereocenters. The fraction of sp³-hybridized carbons (Fsp3) is 0.471. The van der Waals surface area contributed by atoms with Crippen molar-refractivity contribution in [3.8, 4) is 5.75 Å². The lowest BCUT2D eigenvalue weighted by atomic mass is 9.78. The molecule has 4 heteroatoms. The van der Waals surface area contributed by atoms with Gasteiger partial charge in [-0.25, -0.2) is 4.79 Å². The van der Waals surface area contributed by atoms with Gasteiger partial charge in [0.05, 0.1) is 4.91 Å². The summed E-state index contributed by atoms with van der Waals surface area (Å²) in [5, 5.41) is 19.5. The van der Waals surface area contributed by atoms with Crippen molar-refractivity contribution >= 4 is 24.7 Å². The minimum absolute atomic E-state index is 0.0274. The Morgan fingerprint density at radius 2 is 1.43 bits per heavy atom. The van der Waals surface area contributed by atoms with E-state index in [1.807, 2.05) is 53.7 Å². The van der Waals surface area contributed by atoms with Crippen LogP contribution in [0.3, 0.4) is 0 Å². The Kier molecular flexibility index (Phi) is 4.83. The molecule has 1 aromatic carbocycles. The number of benzene rings is 1. The zero-order chi connectivity index (χ0) is 16.6. The molecule has 0 aliphatic rings. The predicted octanol–water partition coefficient (Wildman–Crippen LogP) is 4.34. The number of carbonyl (C=O) groups is 1. The molecule has 21 heavy (non-hydrogen) atoms. The van der Waals surface area contributed by atoms with E-state index in [0.717, 1.165) is 16.7 Å². The average molecular weight is 308 g/mol. The van der Waals surface area contributed by atoms with Crippen LogP contribution in [0.1, 0.15) is 58.2 Å². The molecule has 0 aliphatic carbocycles. The maximum absolute atomic E-state index is 10.9. The quantitative estimate of drug-likeness (QED) is 0.562. The van der Waals surface area contributed by atoms with Gasteiger partial charge in [0, 0.05) is 11.1 Å². The lowest BCUT2D eigenvalue weighted by molar-refractivity contribution is -0.131. The van der Waals surface area contributed by atoms with Gasteiger partial charge in [-0.2, -0.15) is 0 Å². The summed E-state index contributed by atoms with van der Waals surface area (Å²) in [5.41, 5.74) is 1.84. The maximum atomic E-state index is 10.9. The number of hydrogen-bond donors (Lipinski definition) is 3. The van der Waals surface area contributed by atoms with Gasteiger partial charge in [-0.05, 0) is 34.6 Å². The van der Waals surface area contributed by atoms with Crippen molar-refractivity contribution in [2.24, 2.45) is 0 Å². The number of thiol groups is 1. The van der Waals surface area contributed by atoms with Crippen molar-refractivity contribution in [3.05, 3.63) is 33.7 Å². The first-order chi connectivity index (χ1) is 9.34. The van der Waals surface area contributed by atoms with E-state index in [9.17, 15) is 9.90 Å². The Bertz CT molecular complexity index is 552. The number of carboxylic acid groups (broad SMARTS) is 1. The molecule has 1 aromatic rings. The van der Waals surface area contributed by atoms with Crippen LogP contribution in [0.15, 0.2) is 17.0 Å². The van der Waals surface area contributed by atoms with Crippen LogP contribution in [0.5, 0.6) is 5.75 Å². The van der Waals surface area contributed by atoms with Crippen molar-refractivity contribution in [2.45, 2.75) is 52.4 Å². The van der Waals surface area contributed by atoms with E-state index in [-0.39, 0.29) is 21.5 Å². The van der Waals surface area contributed by atoms with Crippen molar-refractivity contribution in [1.29, 1.82) is 0 Å². The Labute approximate surface area is 132 Å². The number of rotatable bonds is 2. The van der Waals surface area contributed by atoms with Crippen LogP contribution in [-0.4, -0.2) is 16.2 Å². The minimum atomic E-state index is -1.07. The smallest absolute Gasteiger partial charge is 0.341 e. The second-order valence-corrected chi connectivity index (χ2v) is 7.78. The largest absolute Gasteiger partial charge is 0.507 e. The third kappa shape index (κ3) is 4.27. The molecule has 0 bridgehead atoms. The number of carboxylic acids is 1. The topological polar surface area (TPSA) is 57.5 Å². The summed E-state index contributed by atoms with van der Waals surface area (Å²) in [7, 11) is 0. The molecule has 2 N–H and O–H groups in total. The maximum Gasteiger partial charge on any atom is 0.341 e. The van der Waals surface area contributed by atoms with Crippen molar-refractivity contribution in [3.63, 3.8) is 0 Å². The zero-order valence-electron chi connectivity index (χ0n) is 13.5. The summed E-state index contributed by atoms with van der Waals surface area (Å²) >= 11 is 3.97. The van der Waals surface area contributed by atoms with Gasteiger partial charge >= 0.3 is 5.97 Å². The van der Waals surface area contributed by atoms with Crippen molar-refractivity contribution in [1.82, 2.24) is 0 Å². The van der Waals surface area contributed by atoms with E-state index in [2.05, 4.69) is 12.6 Å². The number of phenolic OH excluding ortho intramolecular Hbond substituents is 1. The Morgan fingerprint density at radius 1 is 1.05 bits per heavy atom. The van der Waals surface area contributed by atoms with Gasteiger partial charge in [-0.3, -0.25) is 0 Å². The van der Waals surface area contributed by atoms with Crippen LogP contribution >= 0.6 is 12.6 Å². The number of hydrogen-bond acceptors (Lipinski definition) is 3. The Morgan fingerprint density at radius 3 is 1.71 bits per heavy atom. The zero-order valence-corrected chi connectivity index (χ0v) is 14.4. The standard InChI is InChI=1S/C17H24O3S/c1-16(2,3)11-7-10(9-13(21)15(19)20)8-12(14(11)18)17(4,5)6/h7-9,18,21H,1-6H3,(H,19,20). The molecule has 0 heterocycles. The van der Waals surface area contributed by atoms with Crippen LogP contribution in [-0.2, 0) is 15.6 Å². The molecule has 1 rings (SSSR count). The second-order valence-electron chi connectivity index (χ2n) is 7.30. The third-order valence-electron chi connectivity index (χ3n) is 3.27. The molecular formula is C17H24O3S. The summed E-state index contributed by atoms with van der Waals surface area (Å²) in [6, 6.07) is 3.65. The van der Waals surface area contributed by atoms with E-state index < -0.39 is 5.97 Å². The van der Waals surface area contributed by atoms with Crippen LogP contribution in [0.4, 0.5) is 0 Å². The summed E-state index contributed by atoms with van der Waals surface area (Å²) in [5.74, 6) is -0.788. The van der Waals surface area contributed by atoms with Gasteiger partial charge in [0.25, 0.3) is 0 Å². The molecule has 0 fully saturated rings. The van der Waals surface area contributed by atoms with Gasteiger partial charge in [0.1, 0.15) is 5.75 Å². The first-order valence-electron chi connectivity index (χ1n) is 6.86. The van der Waals surface area contributed by atoms with Gasteiger partial charge in [0.2, 0.25) is 0 Å². The molecule has 3 nitrogen and oxygen atoms in total. The van der Waals surface area contributed by atoms with Gasteiger partial charge < -0.3 is 10.2 Å². The van der Waals surface area contributed by atoms with Crippen LogP contribution in [0.25, 0.3) is 6.08 Å². The fourth-order valence-electron chi connectivity index (χ4n) is 2.10. The lowest BCUT2D eigenvalue weighted by Crippen LogP contribution is -2.17. The van der Waals surface area contributed by atoms with E-state index in [0.29, 0.717) is 0 Å². The van der Waals surface area contributed by atoms with E-state index in [1.54, 1.807) is 0 Å². The highest BCUT2D eigenvalue weighted by Gasteiger charge is 2.26. The lowest BCUT2D eigenvalue weighted by Gasteiger charge is -2.27. The molecule has 0 aromatic heterocycles. The molecule has 0 saturated heterocycles. The highest BCUT2D eigenvalue weighted by atomic mass is 32.1. The third-order valence-corrected chi connectivity index (χ3v) is 3.59. The van der Waals surface area contributed by atoms with Gasteiger partial charge in [0.15, 0.2) is 0 Å². The molecule has 0 amide bonds. The van der Waals surface area contributed by atoms with Crippen LogP contribution in [0, 0.1) is 0 Å². The first kappa shape index (κ1) is 17.6. The van der Waals surface area contributed by atoms with Crippen LogP contribution < -0.4 is 0 Å². The summed E-state index contributed by atoms with van der Waals surface area (Å²) < 4.78 is 0. The summed E-state index contributed by atoms with van der Waals surface area (Å²) in [6.07, 6.45) is 1.51. The van der Waals surface area contributed by atoms with Crippen molar-refractivity contribution in [2.75, 3.05) is 0 Å². The SMILES string of the molecule is CC(C)(C)c1cc(C=C(S)C(=O)O)cc(C(C)(C)C)c1O. The first-order valence-corrected chi connectivity index (χ1v) is 7.30. The monoisotopic (exact) mass is 308 g/mol. The van der Waals surface area contributed by atoms with E-state index in [1.165, 1.54) is 6.08 Å². The second kappa shape index (κ2) is 5.76. The van der Waals surface area contributed by atoms with Crippen LogP contribution in [0.2, 0.25) is 0 Å². The normalized spacial score (nSPS) is 13.4. The van der Waals surface area contributed by atoms with Gasteiger partial charge in [-0.15, -0.1) is 12.6 Å². The predicted molar refractivity (Wildman–Crippen MR) is 90.1 cm³/mol. The molecule has 0 radical (unpaired) electrons. The molecule has 0 spiro atoms. The van der Waals surface area contributed by atoms with E-state index >= 15 is 0 Å². The fourth-order valence-corrected chi connectivity index (χ4v) is 2.25. The van der Waals surface area contributed by atoms with Gasteiger partial charge in [-0.1, -0.05) is 41.5 Å². The van der Waals surface area contributed by atoms with E-state index in [4.69, 9.17) is 5.11 Å². The Balaban J connectivity index is 3.63. The highest BCUT2D eigenvalue weighted by Crippen LogP contribution is 2.40. The molecule has 0 saturated carbocycles. The molecule has 0 aliphatic heterocycles. The average Bonchev–Trinajstić information content (AvgIpc) is 2.27. The molecule has 116 valence electrons. The number of phenols is 1. The summed E-state index contributed by atoms with van der Waals surface area (Å²) in [4.78, 5) is 10.9. The Hall–Kier alpha value is -1.42. The molecular weight excluding hydrogens is 284 g/mol. The highest BCUT2D eigenvalue weighted by molar-refractivity contribution is 7.85.